The van der Waals surface area contributed by atoms with Crippen LogP contribution in [0.15, 0.2) is 18.5 Å². The third-order valence-corrected chi connectivity index (χ3v) is 2.93. The maximum atomic E-state index is 5.40. The maximum Gasteiger partial charge on any atom is 0.257 e. The minimum Gasteiger partial charge on any atom is -0.351 e. The van der Waals surface area contributed by atoms with Gasteiger partial charge in [-0.3, -0.25) is 5.43 Å². The predicted molar refractivity (Wildman–Crippen MR) is 77.4 cm³/mol. The second-order valence-corrected chi connectivity index (χ2v) is 4.42. The topological polar surface area (TPSA) is 107 Å². The molecule has 0 amide bonds. The number of nitrogens with zero attached hydrogens (tertiary/aromatic N) is 5. The van der Waals surface area contributed by atoms with Crippen LogP contribution in [-0.4, -0.2) is 30.8 Å². The lowest BCUT2D eigenvalue weighted by Gasteiger charge is -2.16. The molecule has 108 valence electrons. The SMILES string of the molecule is CCCC(CC)Nc1nc(NN)nc(-n2cccn2)n1. The zero-order valence-corrected chi connectivity index (χ0v) is 11.7. The summed E-state index contributed by atoms with van der Waals surface area (Å²) in [7, 11) is 0. The summed E-state index contributed by atoms with van der Waals surface area (Å²) >= 11 is 0. The van der Waals surface area contributed by atoms with Crippen LogP contribution in [0.5, 0.6) is 0 Å². The molecule has 4 N–H and O–H groups in total. The van der Waals surface area contributed by atoms with Crippen LogP contribution in [0.3, 0.4) is 0 Å². The first-order valence-corrected chi connectivity index (χ1v) is 6.76. The van der Waals surface area contributed by atoms with Crippen LogP contribution >= 0.6 is 0 Å². The molecular formula is C12H20N8. The molecule has 2 heterocycles. The number of anilines is 2. The first-order chi connectivity index (χ1) is 9.76. The maximum absolute atomic E-state index is 5.40. The highest BCUT2D eigenvalue weighted by molar-refractivity contribution is 5.37. The summed E-state index contributed by atoms with van der Waals surface area (Å²) < 4.78 is 1.56. The molecule has 0 bridgehead atoms. The van der Waals surface area contributed by atoms with Crippen LogP contribution < -0.4 is 16.6 Å². The second-order valence-electron chi connectivity index (χ2n) is 4.42. The first kappa shape index (κ1) is 14.2. The average molecular weight is 276 g/mol. The molecule has 1 atom stereocenters. The molecular weight excluding hydrogens is 256 g/mol. The van der Waals surface area contributed by atoms with E-state index in [0.717, 1.165) is 19.3 Å². The fraction of sp³-hybridized carbons (Fsp3) is 0.500. The number of hydrogen-bond acceptors (Lipinski definition) is 7. The smallest absolute Gasteiger partial charge is 0.257 e. The van der Waals surface area contributed by atoms with Gasteiger partial charge in [-0.05, 0) is 18.9 Å². The van der Waals surface area contributed by atoms with E-state index in [2.05, 4.69) is 44.6 Å². The quantitative estimate of drug-likeness (QED) is 0.517. The summed E-state index contributed by atoms with van der Waals surface area (Å²) in [6.45, 7) is 4.28. The largest absolute Gasteiger partial charge is 0.351 e. The monoisotopic (exact) mass is 276 g/mol. The van der Waals surface area contributed by atoms with E-state index in [4.69, 9.17) is 5.84 Å². The van der Waals surface area contributed by atoms with Crippen molar-refractivity contribution in [2.24, 2.45) is 5.84 Å². The molecule has 0 spiro atoms. The van der Waals surface area contributed by atoms with Crippen molar-refractivity contribution >= 4 is 11.9 Å². The average Bonchev–Trinajstić information content (AvgIpc) is 3.00. The van der Waals surface area contributed by atoms with E-state index < -0.39 is 0 Å². The van der Waals surface area contributed by atoms with E-state index in [-0.39, 0.29) is 0 Å². The zero-order chi connectivity index (χ0) is 14.4. The van der Waals surface area contributed by atoms with Gasteiger partial charge in [-0.2, -0.15) is 20.1 Å². The number of hydrogen-bond donors (Lipinski definition) is 3. The van der Waals surface area contributed by atoms with Gasteiger partial charge in [0.1, 0.15) is 0 Å². The minimum atomic E-state index is 0.305. The number of aromatic nitrogens is 5. The number of nitrogen functional groups attached to an aromatic ring is 1. The molecule has 2 aromatic heterocycles. The molecule has 1 unspecified atom stereocenters. The Morgan fingerprint density at radius 2 is 2.05 bits per heavy atom. The molecule has 2 rings (SSSR count). The van der Waals surface area contributed by atoms with Crippen LogP contribution in [0.2, 0.25) is 0 Å². The molecule has 0 radical (unpaired) electrons. The van der Waals surface area contributed by atoms with Crippen LogP contribution in [0.25, 0.3) is 5.95 Å². The van der Waals surface area contributed by atoms with E-state index in [0.29, 0.717) is 23.9 Å². The summed E-state index contributed by atoms with van der Waals surface area (Å²) in [5.74, 6) is 6.63. The molecule has 0 aliphatic heterocycles. The normalized spacial score (nSPS) is 12.2. The van der Waals surface area contributed by atoms with Crippen molar-refractivity contribution in [2.75, 3.05) is 10.7 Å². The Balaban J connectivity index is 2.26. The van der Waals surface area contributed by atoms with E-state index in [1.165, 1.54) is 0 Å². The molecule has 0 saturated carbocycles. The fourth-order valence-electron chi connectivity index (χ4n) is 1.89. The molecule has 0 fully saturated rings. The van der Waals surface area contributed by atoms with Gasteiger partial charge in [-0.15, -0.1) is 0 Å². The van der Waals surface area contributed by atoms with Crippen molar-refractivity contribution in [3.05, 3.63) is 18.5 Å². The van der Waals surface area contributed by atoms with Gasteiger partial charge in [0, 0.05) is 18.4 Å². The van der Waals surface area contributed by atoms with E-state index in [9.17, 15) is 0 Å². The molecule has 20 heavy (non-hydrogen) atoms. The van der Waals surface area contributed by atoms with Crippen LogP contribution in [0, 0.1) is 0 Å². The highest BCUT2D eigenvalue weighted by atomic mass is 15.4. The molecule has 0 aliphatic rings. The third-order valence-electron chi connectivity index (χ3n) is 2.93. The summed E-state index contributed by atoms with van der Waals surface area (Å²) in [5, 5.41) is 7.41. The summed E-state index contributed by atoms with van der Waals surface area (Å²) in [6, 6.07) is 2.14. The molecule has 0 saturated heterocycles. The lowest BCUT2D eigenvalue weighted by atomic mass is 10.1. The molecule has 8 nitrogen and oxygen atoms in total. The molecule has 0 aliphatic carbocycles. The summed E-state index contributed by atoms with van der Waals surface area (Å²) in [5.41, 5.74) is 2.45. The number of rotatable bonds is 7. The Morgan fingerprint density at radius 1 is 1.25 bits per heavy atom. The minimum absolute atomic E-state index is 0.305. The predicted octanol–water partition coefficient (Wildman–Crippen LogP) is 1.33. The Labute approximate surface area is 117 Å². The van der Waals surface area contributed by atoms with E-state index >= 15 is 0 Å². The van der Waals surface area contributed by atoms with Gasteiger partial charge in [0.15, 0.2) is 0 Å². The van der Waals surface area contributed by atoms with Gasteiger partial charge in [0.05, 0.1) is 0 Å². The number of nitrogens with one attached hydrogen (secondary N) is 2. The standard InChI is InChI=1S/C12H20N8/c1-3-6-9(4-2)15-10-16-11(19-13)18-12(17-10)20-8-5-7-14-20/h5,7-9H,3-4,6,13H2,1-2H3,(H2,15,16,17,18,19). The Hall–Kier alpha value is -2.22. The summed E-state index contributed by atoms with van der Waals surface area (Å²) in [6.07, 6.45) is 6.60. The Morgan fingerprint density at radius 3 is 2.65 bits per heavy atom. The van der Waals surface area contributed by atoms with Gasteiger partial charge in [0.25, 0.3) is 5.95 Å². The van der Waals surface area contributed by atoms with Crippen molar-refractivity contribution in [3.8, 4) is 5.95 Å². The van der Waals surface area contributed by atoms with Crippen molar-refractivity contribution in [1.29, 1.82) is 0 Å². The number of hydrazine groups is 1. The third kappa shape index (κ3) is 3.41. The van der Waals surface area contributed by atoms with E-state index in [1.807, 2.05) is 0 Å². The van der Waals surface area contributed by atoms with E-state index in [1.54, 1.807) is 23.1 Å². The van der Waals surface area contributed by atoms with Crippen LogP contribution in [0.4, 0.5) is 11.9 Å². The Kier molecular flexibility index (Phi) is 4.83. The van der Waals surface area contributed by atoms with Gasteiger partial charge in [0.2, 0.25) is 11.9 Å². The molecule has 2 aromatic rings. The van der Waals surface area contributed by atoms with Gasteiger partial charge in [-0.1, -0.05) is 20.3 Å². The highest BCUT2D eigenvalue weighted by Crippen LogP contribution is 2.12. The Bertz CT molecular complexity index is 524. The van der Waals surface area contributed by atoms with Crippen LogP contribution in [0.1, 0.15) is 33.1 Å². The first-order valence-electron chi connectivity index (χ1n) is 6.76. The zero-order valence-electron chi connectivity index (χ0n) is 11.7. The lowest BCUT2D eigenvalue weighted by Crippen LogP contribution is -2.22. The highest BCUT2D eigenvalue weighted by Gasteiger charge is 2.11. The lowest BCUT2D eigenvalue weighted by molar-refractivity contribution is 0.616. The van der Waals surface area contributed by atoms with Gasteiger partial charge in [-0.25, -0.2) is 10.5 Å². The van der Waals surface area contributed by atoms with Crippen LogP contribution in [-0.2, 0) is 0 Å². The molecule has 8 heteroatoms. The fourth-order valence-corrected chi connectivity index (χ4v) is 1.89. The van der Waals surface area contributed by atoms with Gasteiger partial charge < -0.3 is 5.32 Å². The summed E-state index contributed by atoms with van der Waals surface area (Å²) in [4.78, 5) is 12.8. The van der Waals surface area contributed by atoms with Crippen molar-refractivity contribution in [2.45, 2.75) is 39.2 Å². The van der Waals surface area contributed by atoms with Crippen molar-refractivity contribution in [1.82, 2.24) is 24.7 Å². The van der Waals surface area contributed by atoms with Crippen molar-refractivity contribution < 1.29 is 0 Å². The van der Waals surface area contributed by atoms with Gasteiger partial charge >= 0.3 is 0 Å². The molecule has 0 aromatic carbocycles. The number of nitrogens with two attached hydrogens (primary N) is 1. The second kappa shape index (κ2) is 6.80. The van der Waals surface area contributed by atoms with Crippen molar-refractivity contribution in [3.63, 3.8) is 0 Å².